The molecule has 0 aromatic rings. The molecule has 0 unspecified atom stereocenters. The summed E-state index contributed by atoms with van der Waals surface area (Å²) >= 11 is 0. The number of quaternary nitrogens is 1. The van der Waals surface area contributed by atoms with Gasteiger partial charge >= 0.3 is 0 Å². The Hall–Kier alpha value is -1.43. The van der Waals surface area contributed by atoms with Gasteiger partial charge < -0.3 is 20.1 Å². The van der Waals surface area contributed by atoms with Gasteiger partial charge in [0, 0.05) is 0 Å². The van der Waals surface area contributed by atoms with Crippen LogP contribution < -0.4 is 15.3 Å². The maximum atomic E-state index is 11.8. The Kier molecular flexibility index (Phi) is 4.91. The first-order valence-corrected chi connectivity index (χ1v) is 6.89. The smallest absolute Gasteiger partial charge is 0.225 e. The van der Waals surface area contributed by atoms with Crippen molar-refractivity contribution in [2.45, 2.75) is 58.0 Å². The highest BCUT2D eigenvalue weighted by molar-refractivity contribution is 5.81. The van der Waals surface area contributed by atoms with Crippen molar-refractivity contribution in [2.24, 2.45) is 0 Å². The van der Waals surface area contributed by atoms with E-state index in [1.165, 1.54) is 4.90 Å². The van der Waals surface area contributed by atoms with E-state index < -0.39 is 12.5 Å². The fourth-order valence-electron chi connectivity index (χ4n) is 3.35. The highest BCUT2D eigenvalue weighted by atomic mass is 16.4. The van der Waals surface area contributed by atoms with Crippen molar-refractivity contribution in [2.75, 3.05) is 13.1 Å². The van der Waals surface area contributed by atoms with Gasteiger partial charge in [0.05, 0.1) is 49.4 Å². The Morgan fingerprint density at radius 2 is 1.70 bits per heavy atom. The van der Waals surface area contributed by atoms with Crippen LogP contribution >= 0.6 is 0 Å². The van der Waals surface area contributed by atoms with E-state index in [4.69, 9.17) is 0 Å². The molecule has 6 heteroatoms. The molecule has 114 valence electrons. The van der Waals surface area contributed by atoms with E-state index in [2.05, 4.69) is 5.32 Å². The largest absolute Gasteiger partial charge is 0.548 e. The van der Waals surface area contributed by atoms with Gasteiger partial charge in [-0.15, -0.1) is 0 Å². The number of carbonyl (C=O) groups is 3. The van der Waals surface area contributed by atoms with Gasteiger partial charge in [-0.1, -0.05) is 0 Å². The summed E-state index contributed by atoms with van der Waals surface area (Å²) in [6.45, 7) is 8.23. The topological polar surface area (TPSA) is 90.7 Å². The Balaban J connectivity index is 2.62. The molecule has 1 saturated heterocycles. The number of carboxylic acid groups (broad SMARTS) is 1. The van der Waals surface area contributed by atoms with Crippen LogP contribution in [0.1, 0.15) is 47.0 Å². The zero-order valence-corrected chi connectivity index (χ0v) is 12.7. The number of carboxylic acids is 1. The Bertz CT molecular complexity index is 395. The van der Waals surface area contributed by atoms with E-state index in [-0.39, 0.29) is 29.2 Å². The third-order valence-electron chi connectivity index (χ3n) is 3.94. The van der Waals surface area contributed by atoms with Crippen LogP contribution in [0.3, 0.4) is 0 Å². The molecule has 1 amide bonds. The van der Waals surface area contributed by atoms with Crippen molar-refractivity contribution in [3.05, 3.63) is 0 Å². The van der Waals surface area contributed by atoms with Crippen LogP contribution in [-0.2, 0) is 14.4 Å². The Morgan fingerprint density at radius 3 is 2.15 bits per heavy atom. The number of carbonyl (C=O) groups excluding carboxylic acids is 3. The molecule has 1 fully saturated rings. The highest BCUT2D eigenvalue weighted by Gasteiger charge is 2.48. The van der Waals surface area contributed by atoms with Gasteiger partial charge in [-0.05, 0) is 27.7 Å². The summed E-state index contributed by atoms with van der Waals surface area (Å²) in [4.78, 5) is 34.9. The van der Waals surface area contributed by atoms with Gasteiger partial charge in [0.1, 0.15) is 5.78 Å². The van der Waals surface area contributed by atoms with Crippen molar-refractivity contribution in [3.63, 3.8) is 0 Å². The van der Waals surface area contributed by atoms with Crippen LogP contribution in [0.15, 0.2) is 0 Å². The summed E-state index contributed by atoms with van der Waals surface area (Å²) in [5.74, 6) is -1.34. The standard InChI is InChI=1S/C14H24N2O4/c1-13(2)7-10(17)8-14(3,4)16(13)6-5-11(18)15-9-12(19)20/h5-9H2,1-4H3,(H,15,18)(H,19,20). The molecule has 1 heterocycles. The molecule has 0 aliphatic carbocycles. The van der Waals surface area contributed by atoms with E-state index in [1.54, 1.807) is 0 Å². The maximum Gasteiger partial charge on any atom is 0.225 e. The molecule has 0 aromatic heterocycles. The zero-order valence-electron chi connectivity index (χ0n) is 12.7. The molecular weight excluding hydrogens is 260 g/mol. The lowest BCUT2D eigenvalue weighted by Gasteiger charge is -2.48. The van der Waals surface area contributed by atoms with Crippen molar-refractivity contribution < 1.29 is 24.4 Å². The third kappa shape index (κ3) is 4.30. The van der Waals surface area contributed by atoms with Crippen molar-refractivity contribution in [3.8, 4) is 0 Å². The van der Waals surface area contributed by atoms with E-state index >= 15 is 0 Å². The summed E-state index contributed by atoms with van der Waals surface area (Å²) in [5, 5.41) is 12.6. The van der Waals surface area contributed by atoms with Crippen LogP contribution in [0.5, 0.6) is 0 Å². The molecule has 1 rings (SSSR count). The second kappa shape index (κ2) is 5.91. The summed E-state index contributed by atoms with van der Waals surface area (Å²) in [7, 11) is 0. The number of amides is 1. The molecule has 20 heavy (non-hydrogen) atoms. The lowest BCUT2D eigenvalue weighted by molar-refractivity contribution is -0.994. The van der Waals surface area contributed by atoms with E-state index in [0.29, 0.717) is 19.4 Å². The predicted molar refractivity (Wildman–Crippen MR) is 70.9 cm³/mol. The fourth-order valence-corrected chi connectivity index (χ4v) is 3.35. The van der Waals surface area contributed by atoms with Crippen molar-refractivity contribution in [1.82, 2.24) is 5.32 Å². The van der Waals surface area contributed by atoms with E-state index in [9.17, 15) is 19.5 Å². The zero-order chi connectivity index (χ0) is 15.6. The van der Waals surface area contributed by atoms with Crippen LogP contribution in [0.25, 0.3) is 0 Å². The van der Waals surface area contributed by atoms with Gasteiger partial charge in [0.15, 0.2) is 0 Å². The molecule has 6 nitrogen and oxygen atoms in total. The molecule has 0 saturated carbocycles. The minimum absolute atomic E-state index is 0.215. The number of piperidine rings is 1. The third-order valence-corrected chi connectivity index (χ3v) is 3.94. The lowest BCUT2D eigenvalue weighted by Crippen LogP contribution is -3.27. The second-order valence-corrected chi connectivity index (χ2v) is 6.79. The predicted octanol–water partition coefficient (Wildman–Crippen LogP) is -1.95. The number of aliphatic carboxylic acids is 1. The van der Waals surface area contributed by atoms with Crippen molar-refractivity contribution >= 4 is 17.7 Å². The van der Waals surface area contributed by atoms with Crippen LogP contribution in [0.4, 0.5) is 0 Å². The molecule has 1 aliphatic heterocycles. The normalized spacial score (nSPS) is 21.5. The average Bonchev–Trinajstić information content (AvgIpc) is 2.22. The van der Waals surface area contributed by atoms with Gasteiger partial charge in [-0.3, -0.25) is 9.59 Å². The molecule has 0 atom stereocenters. The molecule has 0 radical (unpaired) electrons. The summed E-state index contributed by atoms with van der Waals surface area (Å²) in [6.07, 6.45) is 1.25. The minimum Gasteiger partial charge on any atom is -0.548 e. The Labute approximate surface area is 119 Å². The maximum absolute atomic E-state index is 11.8. The number of Topliss-reactive ketones (excluding diaryl/α,β-unsaturated/α-hetero) is 1. The SMILES string of the molecule is CC1(C)CC(=O)CC(C)(C)[NH+]1CCC(=O)NCC(=O)[O-]. The number of ketones is 1. The highest BCUT2D eigenvalue weighted by Crippen LogP contribution is 2.20. The lowest BCUT2D eigenvalue weighted by atomic mass is 9.79. The summed E-state index contributed by atoms with van der Waals surface area (Å²) < 4.78 is 0. The number of hydrogen-bond donors (Lipinski definition) is 2. The summed E-state index contributed by atoms with van der Waals surface area (Å²) in [5.41, 5.74) is -0.430. The van der Waals surface area contributed by atoms with Crippen molar-refractivity contribution in [1.29, 1.82) is 0 Å². The van der Waals surface area contributed by atoms with Crippen LogP contribution in [0, 0.1) is 0 Å². The number of hydrogen-bond acceptors (Lipinski definition) is 4. The van der Waals surface area contributed by atoms with E-state index in [0.717, 1.165) is 0 Å². The monoisotopic (exact) mass is 284 g/mol. The molecule has 0 bridgehead atoms. The number of rotatable bonds is 5. The van der Waals surface area contributed by atoms with Crippen LogP contribution in [0.2, 0.25) is 0 Å². The molecule has 1 aliphatic rings. The second-order valence-electron chi connectivity index (χ2n) is 6.79. The fraction of sp³-hybridized carbons (Fsp3) is 0.786. The van der Waals surface area contributed by atoms with Gasteiger partial charge in [-0.2, -0.15) is 0 Å². The van der Waals surface area contributed by atoms with Gasteiger partial charge in [0.25, 0.3) is 0 Å². The molecular formula is C14H24N2O4. The summed E-state index contributed by atoms with van der Waals surface area (Å²) in [6, 6.07) is 0. The number of likely N-dealkylation sites (tertiary alicyclic amines) is 1. The molecule has 0 aromatic carbocycles. The quantitative estimate of drug-likeness (QED) is 0.614. The van der Waals surface area contributed by atoms with Gasteiger partial charge in [-0.25, -0.2) is 0 Å². The first kappa shape index (κ1) is 16.6. The minimum atomic E-state index is -1.30. The first-order chi connectivity index (χ1) is 9.04. The average molecular weight is 284 g/mol. The molecule has 0 spiro atoms. The Morgan fingerprint density at radius 1 is 1.20 bits per heavy atom. The van der Waals surface area contributed by atoms with E-state index in [1.807, 2.05) is 27.7 Å². The number of nitrogens with one attached hydrogen (secondary N) is 2. The van der Waals surface area contributed by atoms with Crippen LogP contribution in [-0.4, -0.2) is 41.8 Å². The molecule has 2 N–H and O–H groups in total. The van der Waals surface area contributed by atoms with Gasteiger partial charge in [0.2, 0.25) is 5.91 Å². The first-order valence-electron chi connectivity index (χ1n) is 6.89.